The number of halogens is 1. The first-order valence-corrected chi connectivity index (χ1v) is 16.9. The van der Waals surface area contributed by atoms with Gasteiger partial charge in [-0.2, -0.15) is 4.31 Å². The van der Waals surface area contributed by atoms with Crippen molar-refractivity contribution in [3.05, 3.63) is 71.4 Å². The lowest BCUT2D eigenvalue weighted by atomic mass is 10.1. The van der Waals surface area contributed by atoms with Crippen LogP contribution in [0.15, 0.2) is 64.9 Å². The topological polar surface area (TPSA) is 79.4 Å². The van der Waals surface area contributed by atoms with Crippen molar-refractivity contribution in [2.75, 3.05) is 55.7 Å². The van der Waals surface area contributed by atoms with Crippen molar-refractivity contribution in [3.8, 4) is 5.06 Å². The minimum absolute atomic E-state index is 0.103. The van der Waals surface area contributed by atoms with Crippen LogP contribution in [-0.4, -0.2) is 64.8 Å². The maximum atomic E-state index is 15.3. The molecule has 1 saturated carbocycles. The van der Waals surface area contributed by atoms with E-state index in [2.05, 4.69) is 6.92 Å². The SMILES string of the molecule is CCCCc1ccc(S(=O)(=O)N2CC3C(CN(C(=O)Oc4cccs4)c4ccc(N5CCOCC5)c(F)c4)C3C2)cc1. The zero-order valence-corrected chi connectivity index (χ0v) is 25.3. The maximum Gasteiger partial charge on any atom is 0.420 e. The van der Waals surface area contributed by atoms with Crippen LogP contribution in [0.1, 0.15) is 25.3 Å². The van der Waals surface area contributed by atoms with Crippen LogP contribution in [-0.2, 0) is 21.2 Å². The van der Waals surface area contributed by atoms with E-state index in [-0.39, 0.29) is 17.8 Å². The van der Waals surface area contributed by atoms with Crippen molar-refractivity contribution in [1.29, 1.82) is 0 Å². The summed E-state index contributed by atoms with van der Waals surface area (Å²) < 4.78 is 54.6. The van der Waals surface area contributed by atoms with E-state index in [4.69, 9.17) is 9.47 Å². The molecule has 0 N–H and O–H groups in total. The molecule has 2 saturated heterocycles. The highest BCUT2D eigenvalue weighted by atomic mass is 32.2. The lowest BCUT2D eigenvalue weighted by Gasteiger charge is -2.30. The van der Waals surface area contributed by atoms with Gasteiger partial charge in [0, 0.05) is 32.7 Å². The van der Waals surface area contributed by atoms with Crippen LogP contribution in [0.25, 0.3) is 0 Å². The van der Waals surface area contributed by atoms with Crippen LogP contribution in [0.5, 0.6) is 5.06 Å². The summed E-state index contributed by atoms with van der Waals surface area (Å²) in [4.78, 5) is 17.1. The Balaban J connectivity index is 1.14. The summed E-state index contributed by atoms with van der Waals surface area (Å²) in [7, 11) is -3.59. The first-order valence-electron chi connectivity index (χ1n) is 14.6. The fourth-order valence-corrected chi connectivity index (χ4v) is 8.20. The highest BCUT2D eigenvalue weighted by Gasteiger charge is 2.58. The number of hydrogen-bond acceptors (Lipinski definition) is 7. The molecule has 3 fully saturated rings. The normalized spacial score (nSPS) is 22.1. The van der Waals surface area contributed by atoms with E-state index in [9.17, 15) is 13.2 Å². The minimum atomic E-state index is -3.59. The summed E-state index contributed by atoms with van der Waals surface area (Å²) >= 11 is 1.31. The number of fused-ring (bicyclic) bond motifs is 1. The van der Waals surface area contributed by atoms with Crippen LogP contribution in [0, 0.1) is 23.6 Å². The van der Waals surface area contributed by atoms with Crippen LogP contribution >= 0.6 is 11.3 Å². The number of sulfonamides is 1. The third-order valence-corrected chi connectivity index (χ3v) is 11.2. The Bertz CT molecular complexity index is 1480. The van der Waals surface area contributed by atoms with E-state index < -0.39 is 21.9 Å². The fourth-order valence-electron chi connectivity index (χ4n) is 6.12. The van der Waals surface area contributed by atoms with Gasteiger partial charge in [0.15, 0.2) is 5.06 Å². The summed E-state index contributed by atoms with van der Waals surface area (Å²) in [5.74, 6) is -0.0285. The smallest absolute Gasteiger partial charge is 0.399 e. The molecule has 2 aromatic carbocycles. The van der Waals surface area contributed by atoms with Crippen molar-refractivity contribution in [2.24, 2.45) is 17.8 Å². The van der Waals surface area contributed by atoms with Gasteiger partial charge in [-0.25, -0.2) is 17.6 Å². The molecule has 8 nitrogen and oxygen atoms in total. The predicted molar refractivity (Wildman–Crippen MR) is 161 cm³/mol. The number of amides is 1. The second-order valence-corrected chi connectivity index (χ2v) is 14.1. The monoisotopic (exact) mass is 613 g/mol. The van der Waals surface area contributed by atoms with Crippen molar-refractivity contribution in [3.63, 3.8) is 0 Å². The van der Waals surface area contributed by atoms with Gasteiger partial charge in [0.1, 0.15) is 5.82 Å². The van der Waals surface area contributed by atoms with E-state index in [0.717, 1.165) is 24.8 Å². The lowest BCUT2D eigenvalue weighted by molar-refractivity contribution is 0.122. The first-order chi connectivity index (χ1) is 20.3. The molecule has 1 amide bonds. The molecule has 1 aromatic heterocycles. The van der Waals surface area contributed by atoms with Crippen molar-refractivity contribution < 1.29 is 27.1 Å². The van der Waals surface area contributed by atoms with E-state index in [1.54, 1.807) is 40.7 Å². The van der Waals surface area contributed by atoms with E-state index in [1.807, 2.05) is 22.4 Å². The highest BCUT2D eigenvalue weighted by Crippen LogP contribution is 2.53. The molecular formula is C31H36FN3O5S2. The van der Waals surface area contributed by atoms with Gasteiger partial charge >= 0.3 is 6.09 Å². The zero-order valence-electron chi connectivity index (χ0n) is 23.7. The van der Waals surface area contributed by atoms with Crippen LogP contribution < -0.4 is 14.5 Å². The average Bonchev–Trinajstić information content (AvgIpc) is 3.34. The predicted octanol–water partition coefficient (Wildman–Crippen LogP) is 5.64. The summed E-state index contributed by atoms with van der Waals surface area (Å²) in [6.45, 7) is 5.58. The number of benzene rings is 2. The standard InChI is InChI=1S/C31H36FN3O5S2/c1-2-3-5-22-7-10-24(11-8-22)42(37,38)34-19-25-26(20-34)27(25)21-35(31(36)40-30-6-4-17-41-30)23-9-12-29(28(32)18-23)33-13-15-39-16-14-33/h4,6-12,17-18,25-27H,2-3,5,13-16,19-21H2,1H3. The van der Waals surface area contributed by atoms with E-state index in [0.29, 0.717) is 67.3 Å². The van der Waals surface area contributed by atoms with Crippen LogP contribution in [0.2, 0.25) is 0 Å². The molecule has 0 spiro atoms. The maximum absolute atomic E-state index is 15.3. The third kappa shape index (κ3) is 6.06. The summed E-state index contributed by atoms with van der Waals surface area (Å²) in [6.07, 6.45) is 2.53. The number of anilines is 2. The summed E-state index contributed by atoms with van der Waals surface area (Å²) in [5.41, 5.74) is 2.05. The van der Waals surface area contributed by atoms with Gasteiger partial charge in [-0.1, -0.05) is 25.5 Å². The molecule has 2 aliphatic heterocycles. The van der Waals surface area contributed by atoms with Gasteiger partial charge in [0.25, 0.3) is 0 Å². The van der Waals surface area contributed by atoms with Crippen molar-refractivity contribution >= 4 is 38.8 Å². The Hall–Kier alpha value is -2.99. The van der Waals surface area contributed by atoms with Crippen molar-refractivity contribution in [1.82, 2.24) is 4.31 Å². The molecule has 3 aliphatic rings. The number of nitrogens with zero attached hydrogens (tertiary/aromatic N) is 3. The quantitative estimate of drug-likeness (QED) is 0.295. The van der Waals surface area contributed by atoms with Gasteiger partial charge in [0.2, 0.25) is 10.0 Å². The first kappa shape index (κ1) is 29.1. The molecule has 3 heterocycles. The Morgan fingerprint density at radius 2 is 1.83 bits per heavy atom. The Labute approximate surface area is 250 Å². The van der Waals surface area contributed by atoms with Gasteiger partial charge in [-0.15, -0.1) is 11.3 Å². The van der Waals surface area contributed by atoms with Gasteiger partial charge in [0.05, 0.1) is 29.5 Å². The number of rotatable bonds is 10. The zero-order chi connectivity index (χ0) is 29.3. The number of ether oxygens (including phenoxy) is 2. The number of morpholine rings is 1. The van der Waals surface area contributed by atoms with Gasteiger partial charge in [-0.3, -0.25) is 4.90 Å². The molecule has 3 aromatic rings. The number of hydrogen-bond donors (Lipinski definition) is 0. The molecule has 224 valence electrons. The molecule has 1 aliphatic carbocycles. The second kappa shape index (κ2) is 12.3. The largest absolute Gasteiger partial charge is 0.420 e. The molecule has 2 unspecified atom stereocenters. The molecular weight excluding hydrogens is 577 g/mol. The number of carbonyl (C=O) groups is 1. The summed E-state index contributed by atoms with van der Waals surface area (Å²) in [5, 5.41) is 2.28. The number of unbranched alkanes of at least 4 members (excludes halogenated alkanes) is 1. The Kier molecular flexibility index (Phi) is 8.53. The molecule has 11 heteroatoms. The third-order valence-electron chi connectivity index (χ3n) is 8.61. The number of piperidine rings is 1. The molecule has 42 heavy (non-hydrogen) atoms. The average molecular weight is 614 g/mol. The summed E-state index contributed by atoms with van der Waals surface area (Å²) in [6, 6.07) is 15.6. The van der Waals surface area contributed by atoms with Crippen LogP contribution in [0.3, 0.4) is 0 Å². The van der Waals surface area contributed by atoms with Gasteiger partial charge < -0.3 is 14.4 Å². The molecule has 2 atom stereocenters. The van der Waals surface area contributed by atoms with E-state index >= 15 is 4.39 Å². The van der Waals surface area contributed by atoms with Gasteiger partial charge in [-0.05, 0) is 84.0 Å². The molecule has 6 rings (SSSR count). The number of carbonyl (C=O) groups excluding carboxylic acids is 1. The minimum Gasteiger partial charge on any atom is -0.399 e. The highest BCUT2D eigenvalue weighted by molar-refractivity contribution is 7.89. The molecule has 0 radical (unpaired) electrons. The second-order valence-electron chi connectivity index (χ2n) is 11.2. The van der Waals surface area contributed by atoms with Crippen molar-refractivity contribution in [2.45, 2.75) is 31.1 Å². The lowest BCUT2D eigenvalue weighted by Crippen LogP contribution is -2.38. The Morgan fingerprint density at radius 1 is 1.10 bits per heavy atom. The van der Waals surface area contributed by atoms with Crippen LogP contribution in [0.4, 0.5) is 20.6 Å². The van der Waals surface area contributed by atoms with E-state index in [1.165, 1.54) is 22.3 Å². The number of aryl methyl sites for hydroxylation is 1. The Morgan fingerprint density at radius 3 is 2.48 bits per heavy atom. The number of thiophene rings is 1. The fraction of sp³-hybridized carbons (Fsp3) is 0.452. The molecule has 0 bridgehead atoms.